The van der Waals surface area contributed by atoms with E-state index in [0.29, 0.717) is 6.42 Å². The molecule has 1 aromatic rings. The lowest BCUT2D eigenvalue weighted by molar-refractivity contribution is -0.346. The average Bonchev–Trinajstić information content (AvgIpc) is 2.67. The van der Waals surface area contributed by atoms with Crippen molar-refractivity contribution in [2.45, 2.75) is 49.2 Å². The lowest BCUT2D eigenvalue weighted by Crippen LogP contribution is -2.63. The highest BCUT2D eigenvalue weighted by Crippen LogP contribution is 2.48. The minimum absolute atomic E-state index is 0.0475. The number of rotatable bonds is 5. The predicted octanol–water partition coefficient (Wildman–Crippen LogP) is 4.16. The average molecular weight is 429 g/mol. The third-order valence-electron chi connectivity index (χ3n) is 4.83. The number of halogens is 7. The number of alkyl halides is 7. The second-order valence-corrected chi connectivity index (χ2v) is 6.62. The molecule has 0 N–H and O–H groups in total. The lowest BCUT2D eigenvalue weighted by Gasteiger charge is -2.41. The van der Waals surface area contributed by atoms with Gasteiger partial charge in [-0.1, -0.05) is 30.3 Å². The Kier molecular flexibility index (Phi) is 6.48. The Labute approximate surface area is 161 Å². The van der Waals surface area contributed by atoms with Crippen LogP contribution in [0, 0.1) is 0 Å². The van der Waals surface area contributed by atoms with E-state index in [9.17, 15) is 40.3 Å². The summed E-state index contributed by atoms with van der Waals surface area (Å²) in [6.45, 7) is -0.493. The minimum Gasteiger partial charge on any atom is -0.468 e. The van der Waals surface area contributed by atoms with Crippen molar-refractivity contribution in [2.75, 3.05) is 13.7 Å². The van der Waals surface area contributed by atoms with Crippen LogP contribution in [0.25, 0.3) is 0 Å². The number of hydrogen-bond donors (Lipinski definition) is 0. The van der Waals surface area contributed by atoms with Gasteiger partial charge < -0.3 is 9.64 Å². The summed E-state index contributed by atoms with van der Waals surface area (Å²) >= 11 is 0. The van der Waals surface area contributed by atoms with Crippen molar-refractivity contribution in [2.24, 2.45) is 0 Å². The summed E-state index contributed by atoms with van der Waals surface area (Å²) in [4.78, 5) is 24.8. The molecule has 11 heteroatoms. The van der Waals surface area contributed by atoms with Gasteiger partial charge in [-0.15, -0.1) is 0 Å². The molecule has 2 atom stereocenters. The Morgan fingerprint density at radius 2 is 1.62 bits per heavy atom. The number of likely N-dealkylation sites (tertiary alicyclic amines) is 1. The van der Waals surface area contributed by atoms with Crippen LogP contribution in [-0.2, 0) is 14.3 Å². The first kappa shape index (κ1) is 23.0. The largest absolute Gasteiger partial charge is 0.468 e. The predicted molar refractivity (Wildman–Crippen MR) is 86.5 cm³/mol. The monoisotopic (exact) mass is 429 g/mol. The van der Waals surface area contributed by atoms with Gasteiger partial charge in [0.25, 0.3) is 5.91 Å². The first-order valence-corrected chi connectivity index (χ1v) is 8.62. The van der Waals surface area contributed by atoms with E-state index in [1.807, 2.05) is 0 Å². The molecule has 1 saturated heterocycles. The molecule has 0 aromatic heterocycles. The summed E-state index contributed by atoms with van der Waals surface area (Å²) in [5.74, 6) is -17.5. The van der Waals surface area contributed by atoms with Gasteiger partial charge in [0.1, 0.15) is 5.92 Å². The van der Waals surface area contributed by atoms with E-state index in [2.05, 4.69) is 4.74 Å². The summed E-state index contributed by atoms with van der Waals surface area (Å²) in [5, 5.41) is 0. The fraction of sp³-hybridized carbons (Fsp3) is 0.556. The summed E-state index contributed by atoms with van der Waals surface area (Å²) in [7, 11) is 1.01. The molecule has 0 spiro atoms. The molecule has 1 amide bonds. The molecule has 1 heterocycles. The molecule has 2 rings (SSSR count). The molecular formula is C18H18F7NO3. The summed E-state index contributed by atoms with van der Waals surface area (Å²) in [6, 6.07) is 6.17. The number of nitrogens with zero attached hydrogens (tertiary/aromatic N) is 1. The highest BCUT2D eigenvalue weighted by Gasteiger charge is 2.77. The Morgan fingerprint density at radius 3 is 2.14 bits per heavy atom. The van der Waals surface area contributed by atoms with Gasteiger partial charge >= 0.3 is 24.0 Å². The third kappa shape index (κ3) is 4.18. The van der Waals surface area contributed by atoms with Gasteiger partial charge in [0, 0.05) is 12.6 Å². The van der Waals surface area contributed by atoms with Crippen molar-refractivity contribution in [1.29, 1.82) is 0 Å². The van der Waals surface area contributed by atoms with E-state index in [-0.39, 0.29) is 23.3 Å². The number of esters is 1. The number of hydrogen-bond acceptors (Lipinski definition) is 3. The normalized spacial score (nSPS) is 19.6. The zero-order valence-electron chi connectivity index (χ0n) is 15.2. The SMILES string of the molecule is COC(=O)C(c1ccccc1)C1CCCCN1C(=O)C(F)(F)C(F)(F)C(F)(F)F. The molecule has 0 radical (unpaired) electrons. The van der Waals surface area contributed by atoms with E-state index in [0.717, 1.165) is 7.11 Å². The van der Waals surface area contributed by atoms with Crippen LogP contribution in [0.5, 0.6) is 0 Å². The molecule has 1 fully saturated rings. The maximum Gasteiger partial charge on any atom is 0.460 e. The minimum atomic E-state index is -6.63. The van der Waals surface area contributed by atoms with Gasteiger partial charge in [-0.05, 0) is 24.8 Å². The van der Waals surface area contributed by atoms with Crippen LogP contribution in [0.4, 0.5) is 30.7 Å². The molecule has 1 aliphatic rings. The highest BCUT2D eigenvalue weighted by atomic mass is 19.4. The van der Waals surface area contributed by atoms with Crippen LogP contribution in [-0.4, -0.2) is 54.5 Å². The Bertz CT molecular complexity index is 737. The first-order chi connectivity index (χ1) is 13.4. The topological polar surface area (TPSA) is 46.6 Å². The molecule has 162 valence electrons. The molecule has 0 aliphatic carbocycles. The zero-order valence-corrected chi connectivity index (χ0v) is 15.2. The van der Waals surface area contributed by atoms with E-state index in [1.54, 1.807) is 6.07 Å². The van der Waals surface area contributed by atoms with Crippen molar-refractivity contribution in [1.82, 2.24) is 4.90 Å². The second-order valence-electron chi connectivity index (χ2n) is 6.62. The quantitative estimate of drug-likeness (QED) is 0.522. The Hall–Kier alpha value is -2.33. The van der Waals surface area contributed by atoms with Gasteiger partial charge in [0.2, 0.25) is 0 Å². The number of methoxy groups -OCH3 is 1. The smallest absolute Gasteiger partial charge is 0.460 e. The molecule has 1 aromatic carbocycles. The molecular weight excluding hydrogens is 411 g/mol. The van der Waals surface area contributed by atoms with Crippen molar-refractivity contribution in [3.05, 3.63) is 35.9 Å². The van der Waals surface area contributed by atoms with Crippen LogP contribution >= 0.6 is 0 Å². The highest BCUT2D eigenvalue weighted by molar-refractivity contribution is 5.87. The number of ether oxygens (including phenoxy) is 1. The van der Waals surface area contributed by atoms with E-state index in [1.165, 1.54) is 24.3 Å². The van der Waals surface area contributed by atoms with Crippen LogP contribution in [0.2, 0.25) is 0 Å². The van der Waals surface area contributed by atoms with Gasteiger partial charge in [0.15, 0.2) is 0 Å². The van der Waals surface area contributed by atoms with Crippen LogP contribution < -0.4 is 0 Å². The number of amides is 1. The molecule has 4 nitrogen and oxygen atoms in total. The molecule has 2 unspecified atom stereocenters. The van der Waals surface area contributed by atoms with Gasteiger partial charge in [0.05, 0.1) is 7.11 Å². The van der Waals surface area contributed by atoms with Crippen LogP contribution in [0.1, 0.15) is 30.7 Å². The lowest BCUT2D eigenvalue weighted by atomic mass is 9.84. The van der Waals surface area contributed by atoms with E-state index >= 15 is 0 Å². The summed E-state index contributed by atoms with van der Waals surface area (Å²) < 4.78 is 96.9. The zero-order chi connectivity index (χ0) is 22.0. The van der Waals surface area contributed by atoms with Crippen molar-refractivity contribution >= 4 is 11.9 Å². The molecule has 0 saturated carbocycles. The number of carbonyl (C=O) groups excluding carboxylic acids is 2. The van der Waals surface area contributed by atoms with Crippen LogP contribution in [0.3, 0.4) is 0 Å². The van der Waals surface area contributed by atoms with E-state index in [4.69, 9.17) is 0 Å². The fourth-order valence-electron chi connectivity index (χ4n) is 3.35. The maximum atomic E-state index is 14.0. The number of carbonyl (C=O) groups is 2. The fourth-order valence-corrected chi connectivity index (χ4v) is 3.35. The number of benzene rings is 1. The van der Waals surface area contributed by atoms with Gasteiger partial charge in [-0.3, -0.25) is 9.59 Å². The summed E-state index contributed by atoms with van der Waals surface area (Å²) in [6.07, 6.45) is -6.21. The van der Waals surface area contributed by atoms with Crippen LogP contribution in [0.15, 0.2) is 30.3 Å². The summed E-state index contributed by atoms with van der Waals surface area (Å²) in [5.41, 5.74) is 0.259. The Morgan fingerprint density at radius 1 is 1.03 bits per heavy atom. The van der Waals surface area contributed by atoms with Crippen molar-refractivity contribution < 1.29 is 45.1 Å². The maximum absolute atomic E-state index is 14.0. The van der Waals surface area contributed by atoms with Gasteiger partial charge in [-0.25, -0.2) is 0 Å². The third-order valence-corrected chi connectivity index (χ3v) is 4.83. The molecule has 29 heavy (non-hydrogen) atoms. The molecule has 1 aliphatic heterocycles. The first-order valence-electron chi connectivity index (χ1n) is 8.62. The Balaban J connectivity index is 2.47. The number of piperidine rings is 1. The van der Waals surface area contributed by atoms with Crippen molar-refractivity contribution in [3.8, 4) is 0 Å². The molecule has 0 bridgehead atoms. The van der Waals surface area contributed by atoms with Gasteiger partial charge in [-0.2, -0.15) is 30.7 Å². The van der Waals surface area contributed by atoms with Crippen molar-refractivity contribution in [3.63, 3.8) is 0 Å². The standard InChI is InChI=1S/C18H18F7NO3/c1-29-14(27)13(11-7-3-2-4-8-11)12-9-5-6-10-26(12)15(28)16(19,20)17(21,22)18(23,24)25/h2-4,7-8,12-13H,5-6,9-10H2,1H3. The van der Waals surface area contributed by atoms with E-state index < -0.39 is 48.4 Å². The second kappa shape index (κ2) is 8.19.